The molecule has 0 aliphatic rings. The molecule has 0 aliphatic carbocycles. The van der Waals surface area contributed by atoms with Gasteiger partial charge in [-0.2, -0.15) is 0 Å². The van der Waals surface area contributed by atoms with Gasteiger partial charge in [0.25, 0.3) is 0 Å². The van der Waals surface area contributed by atoms with E-state index in [9.17, 15) is 0 Å². The highest BCUT2D eigenvalue weighted by molar-refractivity contribution is 6.31. The van der Waals surface area contributed by atoms with E-state index in [0.717, 1.165) is 5.56 Å². The molecule has 1 aromatic heterocycles. The molecule has 90 valence electrons. The molecule has 0 amide bonds. The van der Waals surface area contributed by atoms with Gasteiger partial charge in [0.1, 0.15) is 0 Å². The highest BCUT2D eigenvalue weighted by atomic mass is 35.5. The number of ether oxygens (including phenoxy) is 1. The Morgan fingerprint density at radius 3 is 2.75 bits per heavy atom. The van der Waals surface area contributed by atoms with E-state index in [1.54, 1.807) is 12.4 Å². The fourth-order valence-corrected chi connectivity index (χ4v) is 1.46. The van der Waals surface area contributed by atoms with Crippen molar-refractivity contribution in [1.29, 1.82) is 0 Å². The number of rotatable bonds is 4. The van der Waals surface area contributed by atoms with Crippen LogP contribution in [0.1, 0.15) is 26.3 Å². The summed E-state index contributed by atoms with van der Waals surface area (Å²) in [7, 11) is 0. The summed E-state index contributed by atoms with van der Waals surface area (Å²) >= 11 is 6.00. The molecule has 3 nitrogen and oxygen atoms in total. The summed E-state index contributed by atoms with van der Waals surface area (Å²) in [6.45, 7) is 6.57. The first kappa shape index (κ1) is 13.4. The van der Waals surface area contributed by atoms with Gasteiger partial charge in [-0.1, -0.05) is 11.6 Å². The van der Waals surface area contributed by atoms with E-state index < -0.39 is 0 Å². The van der Waals surface area contributed by atoms with Crippen LogP contribution in [-0.4, -0.2) is 23.2 Å². The quantitative estimate of drug-likeness (QED) is 0.882. The maximum atomic E-state index is 6.00. The summed E-state index contributed by atoms with van der Waals surface area (Å²) in [4.78, 5) is 3.93. The van der Waals surface area contributed by atoms with Crippen LogP contribution in [0.3, 0.4) is 0 Å². The molecule has 1 rings (SSSR count). The normalized spacial score (nSPS) is 13.8. The predicted octanol–water partition coefficient (Wildman–Crippen LogP) is 2.42. The first-order chi connectivity index (χ1) is 7.38. The summed E-state index contributed by atoms with van der Waals surface area (Å²) in [5.41, 5.74) is 6.84. The van der Waals surface area contributed by atoms with Crippen molar-refractivity contribution in [3.8, 4) is 0 Å². The maximum absolute atomic E-state index is 6.00. The number of nitrogens with zero attached hydrogens (tertiary/aromatic N) is 1. The zero-order valence-electron chi connectivity index (χ0n) is 10.0. The number of pyridine rings is 1. The highest BCUT2D eigenvalue weighted by Crippen LogP contribution is 2.15. The number of hydrogen-bond donors (Lipinski definition) is 1. The van der Waals surface area contributed by atoms with Gasteiger partial charge in [0, 0.05) is 18.4 Å². The van der Waals surface area contributed by atoms with Crippen molar-refractivity contribution in [2.24, 2.45) is 5.73 Å². The third-order valence-electron chi connectivity index (χ3n) is 2.07. The lowest BCUT2D eigenvalue weighted by molar-refractivity contribution is -0.00983. The molecule has 1 aromatic rings. The van der Waals surface area contributed by atoms with Gasteiger partial charge in [-0.15, -0.1) is 0 Å². The number of halogens is 1. The van der Waals surface area contributed by atoms with Gasteiger partial charge < -0.3 is 10.5 Å². The van der Waals surface area contributed by atoms with E-state index in [1.165, 1.54) is 0 Å². The van der Waals surface area contributed by atoms with Gasteiger partial charge >= 0.3 is 0 Å². The van der Waals surface area contributed by atoms with Crippen molar-refractivity contribution in [3.05, 3.63) is 29.0 Å². The lowest BCUT2D eigenvalue weighted by atomic mass is 10.1. The average Bonchev–Trinajstić information content (AvgIpc) is 2.18. The molecule has 0 aromatic carbocycles. The minimum Gasteiger partial charge on any atom is -0.374 e. The molecule has 16 heavy (non-hydrogen) atoms. The molecule has 0 radical (unpaired) electrons. The van der Waals surface area contributed by atoms with E-state index in [4.69, 9.17) is 22.1 Å². The third kappa shape index (κ3) is 4.92. The van der Waals surface area contributed by atoms with Crippen LogP contribution in [0, 0.1) is 0 Å². The smallest absolute Gasteiger partial charge is 0.0627 e. The lowest BCUT2D eigenvalue weighted by Crippen LogP contribution is -2.33. The zero-order chi connectivity index (χ0) is 12.2. The van der Waals surface area contributed by atoms with Crippen molar-refractivity contribution in [2.45, 2.75) is 38.8 Å². The summed E-state index contributed by atoms with van der Waals surface area (Å²) in [6, 6.07) is 1.85. The molecular formula is C12H19ClN2O. The summed E-state index contributed by atoms with van der Waals surface area (Å²) in [5, 5.41) is 0.661. The Labute approximate surface area is 102 Å². The van der Waals surface area contributed by atoms with Crippen LogP contribution < -0.4 is 5.73 Å². The third-order valence-corrected chi connectivity index (χ3v) is 2.41. The number of aromatic nitrogens is 1. The van der Waals surface area contributed by atoms with Crippen molar-refractivity contribution in [3.63, 3.8) is 0 Å². The number of nitrogens with two attached hydrogens (primary N) is 1. The maximum Gasteiger partial charge on any atom is 0.0627 e. The Balaban J connectivity index is 2.46. The summed E-state index contributed by atoms with van der Waals surface area (Å²) in [6.07, 6.45) is 4.06. The van der Waals surface area contributed by atoms with Crippen molar-refractivity contribution in [2.75, 3.05) is 6.61 Å². The van der Waals surface area contributed by atoms with E-state index >= 15 is 0 Å². The van der Waals surface area contributed by atoms with Gasteiger partial charge in [0.05, 0.1) is 17.2 Å². The Hall–Kier alpha value is -0.640. The average molecular weight is 243 g/mol. The molecule has 0 spiro atoms. The Bertz CT molecular complexity index is 336. The molecule has 2 N–H and O–H groups in total. The standard InChI is InChI=1S/C12H19ClN2O/c1-12(2,3)16-8-10(14)6-9-4-5-15-7-11(9)13/h4-5,7,10H,6,8,14H2,1-3H3. The SMILES string of the molecule is CC(C)(C)OCC(N)Cc1ccncc1Cl. The first-order valence-electron chi connectivity index (χ1n) is 5.36. The van der Waals surface area contributed by atoms with Gasteiger partial charge in [-0.3, -0.25) is 4.98 Å². The minimum absolute atomic E-state index is 0.0425. The second-order valence-corrected chi connectivity index (χ2v) is 5.26. The monoisotopic (exact) mass is 242 g/mol. The molecule has 0 saturated carbocycles. The van der Waals surface area contributed by atoms with E-state index in [-0.39, 0.29) is 11.6 Å². The fraction of sp³-hybridized carbons (Fsp3) is 0.583. The Morgan fingerprint density at radius 1 is 1.50 bits per heavy atom. The largest absolute Gasteiger partial charge is 0.374 e. The van der Waals surface area contributed by atoms with Crippen LogP contribution in [0.15, 0.2) is 18.5 Å². The molecular weight excluding hydrogens is 224 g/mol. The minimum atomic E-state index is -0.153. The molecule has 1 heterocycles. The lowest BCUT2D eigenvalue weighted by Gasteiger charge is -2.22. The topological polar surface area (TPSA) is 48.1 Å². The fourth-order valence-electron chi connectivity index (χ4n) is 1.27. The van der Waals surface area contributed by atoms with Crippen molar-refractivity contribution in [1.82, 2.24) is 4.98 Å². The Morgan fingerprint density at radius 2 is 2.19 bits per heavy atom. The highest BCUT2D eigenvalue weighted by Gasteiger charge is 2.13. The van der Waals surface area contributed by atoms with Crippen LogP contribution in [-0.2, 0) is 11.2 Å². The second-order valence-electron chi connectivity index (χ2n) is 4.85. The van der Waals surface area contributed by atoms with E-state index in [0.29, 0.717) is 18.1 Å². The molecule has 0 saturated heterocycles. The molecule has 0 aliphatic heterocycles. The molecule has 0 fully saturated rings. The second kappa shape index (κ2) is 5.62. The van der Waals surface area contributed by atoms with Crippen LogP contribution in [0.4, 0.5) is 0 Å². The van der Waals surface area contributed by atoms with Gasteiger partial charge in [-0.25, -0.2) is 0 Å². The zero-order valence-corrected chi connectivity index (χ0v) is 10.8. The van der Waals surface area contributed by atoms with Crippen molar-refractivity contribution < 1.29 is 4.74 Å². The predicted molar refractivity (Wildman–Crippen MR) is 66.6 cm³/mol. The van der Waals surface area contributed by atoms with Gasteiger partial charge in [-0.05, 0) is 38.8 Å². The molecule has 0 bridgehead atoms. The molecule has 4 heteroatoms. The first-order valence-corrected chi connectivity index (χ1v) is 5.74. The van der Waals surface area contributed by atoms with Gasteiger partial charge in [0.15, 0.2) is 0 Å². The van der Waals surface area contributed by atoms with E-state index in [1.807, 2.05) is 26.8 Å². The molecule has 1 atom stereocenters. The summed E-state index contributed by atoms with van der Waals surface area (Å²) < 4.78 is 5.62. The van der Waals surface area contributed by atoms with Gasteiger partial charge in [0.2, 0.25) is 0 Å². The van der Waals surface area contributed by atoms with E-state index in [2.05, 4.69) is 4.98 Å². The summed E-state index contributed by atoms with van der Waals surface area (Å²) in [5.74, 6) is 0. The van der Waals surface area contributed by atoms with Crippen molar-refractivity contribution >= 4 is 11.6 Å². The van der Waals surface area contributed by atoms with Crippen LogP contribution >= 0.6 is 11.6 Å². The number of hydrogen-bond acceptors (Lipinski definition) is 3. The molecule has 1 unspecified atom stereocenters. The van der Waals surface area contributed by atoms with Crippen LogP contribution in [0.25, 0.3) is 0 Å². The Kier molecular flexibility index (Phi) is 4.71. The van der Waals surface area contributed by atoms with Crippen LogP contribution in [0.5, 0.6) is 0 Å². The van der Waals surface area contributed by atoms with Crippen LogP contribution in [0.2, 0.25) is 5.02 Å².